The van der Waals surface area contributed by atoms with E-state index in [1.807, 2.05) is 6.07 Å². The average Bonchev–Trinajstić information content (AvgIpc) is 3.00. The Morgan fingerprint density at radius 3 is 2.50 bits per heavy atom. The summed E-state index contributed by atoms with van der Waals surface area (Å²) in [6.07, 6.45) is 5.03. The van der Waals surface area contributed by atoms with E-state index in [1.165, 1.54) is 23.4 Å². The van der Waals surface area contributed by atoms with Gasteiger partial charge in [0.05, 0.1) is 12.1 Å². The van der Waals surface area contributed by atoms with Crippen molar-refractivity contribution in [1.82, 2.24) is 10.2 Å². The van der Waals surface area contributed by atoms with Crippen molar-refractivity contribution in [1.29, 1.82) is 0 Å². The lowest BCUT2D eigenvalue weighted by atomic mass is 9.87. The molecule has 0 spiro atoms. The van der Waals surface area contributed by atoms with Gasteiger partial charge in [0, 0.05) is 17.8 Å². The second-order valence-electron chi connectivity index (χ2n) is 8.92. The monoisotopic (exact) mass is 433 g/mol. The van der Waals surface area contributed by atoms with E-state index in [2.05, 4.69) is 56.1 Å². The number of nitrogens with one attached hydrogen (secondary N) is 1. The number of anilines is 1. The number of nitrogens with zero attached hydrogens (tertiary/aromatic N) is 2. The highest BCUT2D eigenvalue weighted by molar-refractivity contribution is 6.14. The molecule has 1 N–H and O–H groups in total. The molecule has 166 valence electrons. The highest BCUT2D eigenvalue weighted by atomic mass is 19.1. The molecule has 5 nitrogen and oxygen atoms in total. The van der Waals surface area contributed by atoms with Gasteiger partial charge >= 0.3 is 6.03 Å². The van der Waals surface area contributed by atoms with Gasteiger partial charge in [-0.3, -0.25) is 9.69 Å². The molecule has 32 heavy (non-hydrogen) atoms. The van der Waals surface area contributed by atoms with Crippen molar-refractivity contribution in [3.63, 3.8) is 0 Å². The highest BCUT2D eigenvalue weighted by Gasteiger charge is 2.34. The number of urea groups is 1. The summed E-state index contributed by atoms with van der Waals surface area (Å²) >= 11 is 0. The predicted octanol–water partition coefficient (Wildman–Crippen LogP) is 5.33. The van der Waals surface area contributed by atoms with Gasteiger partial charge in [-0.2, -0.15) is 0 Å². The summed E-state index contributed by atoms with van der Waals surface area (Å²) < 4.78 is 13.1. The number of halogens is 1. The molecule has 3 amide bonds. The van der Waals surface area contributed by atoms with Crippen LogP contribution in [0.15, 0.2) is 54.2 Å². The summed E-state index contributed by atoms with van der Waals surface area (Å²) in [5.74, 6) is -0.748. The minimum Gasteiger partial charge on any atom is -0.362 e. The lowest BCUT2D eigenvalue weighted by Crippen LogP contribution is -2.45. The van der Waals surface area contributed by atoms with Gasteiger partial charge in [0.25, 0.3) is 5.91 Å². The number of benzene rings is 2. The fraction of sp³-hybridized carbons (Fsp3) is 0.308. The second-order valence-corrected chi connectivity index (χ2v) is 8.92. The first-order valence-electron chi connectivity index (χ1n) is 10.9. The Hall–Kier alpha value is -3.41. The maximum atomic E-state index is 13.1. The number of carbonyl (C=O) groups is 2. The van der Waals surface area contributed by atoms with Crippen LogP contribution < -0.4 is 10.2 Å². The smallest absolute Gasteiger partial charge is 0.329 e. The Morgan fingerprint density at radius 1 is 1.09 bits per heavy atom. The van der Waals surface area contributed by atoms with Gasteiger partial charge in [-0.05, 0) is 74.2 Å². The molecule has 1 saturated heterocycles. The van der Waals surface area contributed by atoms with Crippen molar-refractivity contribution < 1.29 is 14.0 Å². The molecule has 2 aromatic rings. The van der Waals surface area contributed by atoms with Crippen LogP contribution in [-0.4, -0.2) is 28.9 Å². The maximum Gasteiger partial charge on any atom is 0.329 e. The molecule has 0 aliphatic carbocycles. The van der Waals surface area contributed by atoms with Crippen LogP contribution in [0.3, 0.4) is 0 Å². The van der Waals surface area contributed by atoms with E-state index in [9.17, 15) is 14.0 Å². The minimum atomic E-state index is -0.476. The number of fused-ring (bicyclic) bond motifs is 1. The quantitative estimate of drug-likeness (QED) is 0.512. The van der Waals surface area contributed by atoms with Crippen molar-refractivity contribution in [3.05, 3.63) is 76.7 Å². The molecule has 1 fully saturated rings. The van der Waals surface area contributed by atoms with Gasteiger partial charge in [0.1, 0.15) is 11.5 Å². The van der Waals surface area contributed by atoms with Gasteiger partial charge in [0.2, 0.25) is 0 Å². The fourth-order valence-electron chi connectivity index (χ4n) is 4.48. The molecule has 2 aliphatic rings. The van der Waals surface area contributed by atoms with E-state index in [1.54, 1.807) is 18.2 Å². The summed E-state index contributed by atoms with van der Waals surface area (Å²) in [6.45, 7) is 9.76. The zero-order chi connectivity index (χ0) is 23.0. The second kappa shape index (κ2) is 8.26. The normalized spacial score (nSPS) is 18.7. The fourth-order valence-corrected chi connectivity index (χ4v) is 4.48. The van der Waals surface area contributed by atoms with E-state index in [-0.39, 0.29) is 23.6 Å². The summed E-state index contributed by atoms with van der Waals surface area (Å²) in [5.41, 5.74) is 5.20. The third-order valence-electron chi connectivity index (χ3n) is 5.98. The number of imide groups is 1. The topological polar surface area (TPSA) is 52.7 Å². The molecule has 4 rings (SSSR count). The minimum absolute atomic E-state index is 0.0661. The number of hydrogen-bond acceptors (Lipinski definition) is 3. The molecular weight excluding hydrogens is 405 g/mol. The molecule has 2 aromatic carbocycles. The molecule has 2 aliphatic heterocycles. The molecule has 2 heterocycles. The summed E-state index contributed by atoms with van der Waals surface area (Å²) in [7, 11) is 0. The van der Waals surface area contributed by atoms with Crippen molar-refractivity contribution >= 4 is 29.3 Å². The first-order valence-corrected chi connectivity index (χ1v) is 10.9. The van der Waals surface area contributed by atoms with Gasteiger partial charge < -0.3 is 10.2 Å². The van der Waals surface area contributed by atoms with Crippen LogP contribution in [0, 0.1) is 5.82 Å². The largest absolute Gasteiger partial charge is 0.362 e. The number of carbonyl (C=O) groups excluding carboxylic acids is 2. The molecule has 0 bridgehead atoms. The Kier molecular flexibility index (Phi) is 5.63. The lowest BCUT2D eigenvalue weighted by Gasteiger charge is -2.43. The van der Waals surface area contributed by atoms with Gasteiger partial charge in [-0.25, -0.2) is 9.18 Å². The van der Waals surface area contributed by atoms with E-state index in [0.717, 1.165) is 29.0 Å². The Balaban J connectivity index is 1.61. The number of allylic oxidation sites excluding steroid dienone is 1. The molecule has 6 heteroatoms. The SMILES string of the molecule is CCCN1c2ccc(/C=C3/NC(=O)N(Cc4ccc(F)cc4)C3=O)cc2C(C)=CC1(C)C. The van der Waals surface area contributed by atoms with Gasteiger partial charge in [-0.15, -0.1) is 0 Å². The van der Waals surface area contributed by atoms with E-state index >= 15 is 0 Å². The molecule has 0 aromatic heterocycles. The Labute approximate surface area is 188 Å². The van der Waals surface area contributed by atoms with Gasteiger partial charge in [-0.1, -0.05) is 31.2 Å². The van der Waals surface area contributed by atoms with Gasteiger partial charge in [0.15, 0.2) is 0 Å². The molecular formula is C26H28FN3O2. The van der Waals surface area contributed by atoms with Crippen molar-refractivity contribution in [2.75, 3.05) is 11.4 Å². The third kappa shape index (κ3) is 4.05. The number of amides is 3. The van der Waals surface area contributed by atoms with Crippen LogP contribution in [0.1, 0.15) is 50.8 Å². The third-order valence-corrected chi connectivity index (χ3v) is 5.98. The standard InChI is InChI=1S/C26H28FN3O2/c1-5-12-30-23-11-8-19(13-21(23)17(2)15-26(30,3)4)14-22-24(31)29(25(32)28-22)16-18-6-9-20(27)10-7-18/h6-11,13-15H,5,12,16H2,1-4H3,(H,28,32)/b22-14+. The molecule has 0 atom stereocenters. The van der Waals surface area contributed by atoms with Crippen LogP contribution in [0.5, 0.6) is 0 Å². The molecule has 0 unspecified atom stereocenters. The number of rotatable bonds is 5. The zero-order valence-corrected chi connectivity index (χ0v) is 18.9. The van der Waals surface area contributed by atoms with Crippen LogP contribution in [0.25, 0.3) is 11.6 Å². The summed E-state index contributed by atoms with van der Waals surface area (Å²) in [6, 6.07) is 11.4. The van der Waals surface area contributed by atoms with E-state index in [4.69, 9.17) is 0 Å². The predicted molar refractivity (Wildman–Crippen MR) is 125 cm³/mol. The van der Waals surface area contributed by atoms with Crippen LogP contribution in [0.2, 0.25) is 0 Å². The van der Waals surface area contributed by atoms with E-state index in [0.29, 0.717) is 5.56 Å². The summed E-state index contributed by atoms with van der Waals surface area (Å²) in [5, 5.41) is 2.67. The van der Waals surface area contributed by atoms with Crippen LogP contribution in [0.4, 0.5) is 14.9 Å². The molecule has 0 saturated carbocycles. The Bertz CT molecular complexity index is 1130. The van der Waals surface area contributed by atoms with Crippen molar-refractivity contribution in [2.24, 2.45) is 0 Å². The van der Waals surface area contributed by atoms with Crippen LogP contribution in [-0.2, 0) is 11.3 Å². The highest BCUT2D eigenvalue weighted by Crippen LogP contribution is 2.39. The number of hydrogen-bond donors (Lipinski definition) is 1. The van der Waals surface area contributed by atoms with Crippen molar-refractivity contribution in [2.45, 2.75) is 46.2 Å². The first-order chi connectivity index (χ1) is 15.2. The summed E-state index contributed by atoms with van der Waals surface area (Å²) in [4.78, 5) is 28.8. The maximum absolute atomic E-state index is 13.1. The van der Waals surface area contributed by atoms with Crippen LogP contribution >= 0.6 is 0 Å². The van der Waals surface area contributed by atoms with E-state index < -0.39 is 11.9 Å². The zero-order valence-electron chi connectivity index (χ0n) is 18.9. The average molecular weight is 434 g/mol. The lowest BCUT2D eigenvalue weighted by molar-refractivity contribution is -0.123. The molecule has 0 radical (unpaired) electrons. The Morgan fingerprint density at radius 2 is 1.81 bits per heavy atom. The first kappa shape index (κ1) is 21.8. The van der Waals surface area contributed by atoms with Crippen molar-refractivity contribution in [3.8, 4) is 0 Å².